The normalized spacial score (nSPS) is 26.4. The van der Waals surface area contributed by atoms with E-state index in [2.05, 4.69) is 0 Å². The summed E-state index contributed by atoms with van der Waals surface area (Å²) in [5.74, 6) is 0.0680. The van der Waals surface area contributed by atoms with Gasteiger partial charge in [0.05, 0.1) is 0 Å². The van der Waals surface area contributed by atoms with Gasteiger partial charge in [-0.1, -0.05) is 18.0 Å². The van der Waals surface area contributed by atoms with E-state index < -0.39 is 0 Å². The van der Waals surface area contributed by atoms with Crippen molar-refractivity contribution in [2.45, 2.75) is 12.1 Å². The Kier molecular flexibility index (Phi) is 2.80. The first-order valence-corrected chi connectivity index (χ1v) is 6.29. The van der Waals surface area contributed by atoms with Crippen LogP contribution in [-0.2, 0) is 9.53 Å². The number of ether oxygens (including phenoxy) is 1. The molecule has 0 aliphatic carbocycles. The van der Waals surface area contributed by atoms with Gasteiger partial charge in [-0.05, 0) is 11.4 Å². The fourth-order valence-corrected chi connectivity index (χ4v) is 3.24. The molecule has 0 N–H and O–H groups in total. The number of amides is 1. The van der Waals surface area contributed by atoms with Crippen LogP contribution in [0.1, 0.15) is 10.9 Å². The van der Waals surface area contributed by atoms with Gasteiger partial charge in [0.1, 0.15) is 6.04 Å². The Balaban J connectivity index is 2.21. The summed E-state index contributed by atoms with van der Waals surface area (Å²) in [4.78, 5) is 12.7. The summed E-state index contributed by atoms with van der Waals surface area (Å²) in [6.07, 6.45) is 1.62. The summed E-state index contributed by atoms with van der Waals surface area (Å²) in [6.45, 7) is 0. The van der Waals surface area contributed by atoms with E-state index in [1.54, 1.807) is 22.8 Å². The maximum atomic E-state index is 11.5. The molecule has 76 valence electrons. The van der Waals surface area contributed by atoms with Crippen molar-refractivity contribution in [2.24, 2.45) is 0 Å². The van der Waals surface area contributed by atoms with E-state index >= 15 is 0 Å². The van der Waals surface area contributed by atoms with Crippen molar-refractivity contribution in [3.8, 4) is 0 Å². The van der Waals surface area contributed by atoms with E-state index in [0.717, 1.165) is 0 Å². The second-order valence-electron chi connectivity index (χ2n) is 2.96. The molecular weight excluding hydrogens is 218 g/mol. The summed E-state index contributed by atoms with van der Waals surface area (Å²) >= 11 is 3.12. The lowest BCUT2D eigenvalue weighted by Gasteiger charge is -2.43. The van der Waals surface area contributed by atoms with Crippen LogP contribution >= 0.6 is 23.3 Å². The Labute approximate surface area is 91.2 Å². The number of carbonyl (C=O) groups is 1. The third-order valence-electron chi connectivity index (χ3n) is 2.29. The zero-order valence-corrected chi connectivity index (χ0v) is 9.60. The number of hydrogen-bond donors (Lipinski definition) is 0. The molecule has 0 radical (unpaired) electrons. The molecule has 3 nitrogen and oxygen atoms in total. The van der Waals surface area contributed by atoms with Crippen LogP contribution < -0.4 is 0 Å². The van der Waals surface area contributed by atoms with Crippen molar-refractivity contribution in [1.29, 1.82) is 0 Å². The molecule has 0 unspecified atom stereocenters. The molecule has 1 aromatic rings. The smallest absolute Gasteiger partial charge is 0.264 e. The van der Waals surface area contributed by atoms with Crippen LogP contribution in [-0.4, -0.2) is 29.7 Å². The van der Waals surface area contributed by atoms with Crippen LogP contribution in [0.3, 0.4) is 0 Å². The van der Waals surface area contributed by atoms with E-state index in [0.29, 0.717) is 0 Å². The molecule has 1 aromatic heterocycles. The molecule has 1 aliphatic rings. The quantitative estimate of drug-likeness (QED) is 0.586. The second-order valence-corrected chi connectivity index (χ2v) is 4.70. The number of nitrogens with zero attached hydrogens (tertiary/aromatic N) is 1. The SMILES string of the molecule is CO[C@H]1C(=O)N(SC)[C@H]1c1cccs1. The lowest BCUT2D eigenvalue weighted by atomic mass is 10.0. The number of rotatable bonds is 3. The highest BCUT2D eigenvalue weighted by molar-refractivity contribution is 7.96. The molecule has 14 heavy (non-hydrogen) atoms. The third-order valence-corrected chi connectivity index (χ3v) is 4.03. The van der Waals surface area contributed by atoms with Crippen molar-refractivity contribution in [3.05, 3.63) is 22.4 Å². The molecule has 0 spiro atoms. The number of hydrogen-bond acceptors (Lipinski definition) is 4. The molecule has 1 amide bonds. The molecule has 1 aliphatic heterocycles. The Bertz CT molecular complexity index is 312. The Morgan fingerprint density at radius 3 is 2.93 bits per heavy atom. The highest BCUT2D eigenvalue weighted by Crippen LogP contribution is 2.42. The van der Waals surface area contributed by atoms with Gasteiger partial charge in [0, 0.05) is 18.2 Å². The fraction of sp³-hybridized carbons (Fsp3) is 0.444. The molecular formula is C9H11NO2S2. The molecule has 2 atom stereocenters. The first-order chi connectivity index (χ1) is 6.79. The largest absolute Gasteiger partial charge is 0.369 e. The van der Waals surface area contributed by atoms with Gasteiger partial charge in [-0.3, -0.25) is 9.10 Å². The lowest BCUT2D eigenvalue weighted by Crippen LogP contribution is -2.55. The average molecular weight is 229 g/mol. The first kappa shape index (κ1) is 10.0. The van der Waals surface area contributed by atoms with Crippen LogP contribution in [0.4, 0.5) is 0 Å². The van der Waals surface area contributed by atoms with Crippen molar-refractivity contribution in [1.82, 2.24) is 4.31 Å². The standard InChI is InChI=1S/C9H11NO2S2/c1-12-8-7(6-4-3-5-14-6)10(13-2)9(8)11/h3-5,7-8H,1-2H3/t7-,8+/m0/s1. The van der Waals surface area contributed by atoms with Crippen molar-refractivity contribution in [2.75, 3.05) is 13.4 Å². The topological polar surface area (TPSA) is 29.5 Å². The van der Waals surface area contributed by atoms with Crippen LogP contribution in [0.2, 0.25) is 0 Å². The maximum absolute atomic E-state index is 11.5. The van der Waals surface area contributed by atoms with Gasteiger partial charge in [-0.25, -0.2) is 0 Å². The highest BCUT2D eigenvalue weighted by Gasteiger charge is 2.49. The predicted molar refractivity (Wildman–Crippen MR) is 58.2 cm³/mol. The third kappa shape index (κ3) is 1.36. The molecule has 2 rings (SSSR count). The first-order valence-electron chi connectivity index (χ1n) is 4.23. The van der Waals surface area contributed by atoms with Crippen LogP contribution in [0, 0.1) is 0 Å². The Morgan fingerprint density at radius 1 is 1.64 bits per heavy atom. The van der Waals surface area contributed by atoms with E-state index in [1.807, 2.05) is 23.8 Å². The number of thiophene rings is 1. The van der Waals surface area contributed by atoms with Gasteiger partial charge in [0.15, 0.2) is 6.10 Å². The van der Waals surface area contributed by atoms with Gasteiger partial charge in [-0.15, -0.1) is 11.3 Å². The van der Waals surface area contributed by atoms with Gasteiger partial charge in [-0.2, -0.15) is 0 Å². The average Bonchev–Trinajstić information content (AvgIpc) is 2.67. The molecule has 2 heterocycles. The predicted octanol–water partition coefficient (Wildman–Crippen LogP) is 1.92. The van der Waals surface area contributed by atoms with Crippen LogP contribution in [0.15, 0.2) is 17.5 Å². The van der Waals surface area contributed by atoms with E-state index in [-0.39, 0.29) is 18.1 Å². The highest BCUT2D eigenvalue weighted by atomic mass is 32.2. The summed E-state index contributed by atoms with van der Waals surface area (Å²) < 4.78 is 6.93. The minimum Gasteiger partial charge on any atom is -0.369 e. The van der Waals surface area contributed by atoms with Crippen molar-refractivity contribution >= 4 is 29.2 Å². The molecule has 1 fully saturated rings. The molecule has 5 heteroatoms. The lowest BCUT2D eigenvalue weighted by molar-refractivity contribution is -0.158. The Morgan fingerprint density at radius 2 is 2.43 bits per heavy atom. The van der Waals surface area contributed by atoms with E-state index in [9.17, 15) is 4.79 Å². The summed E-state index contributed by atoms with van der Waals surface area (Å²) in [6, 6.07) is 4.13. The minimum absolute atomic E-state index is 0.0680. The second kappa shape index (κ2) is 3.92. The monoisotopic (exact) mass is 229 g/mol. The number of carbonyl (C=O) groups excluding carboxylic acids is 1. The van der Waals surface area contributed by atoms with Crippen LogP contribution in [0.25, 0.3) is 0 Å². The zero-order chi connectivity index (χ0) is 10.1. The summed E-state index contributed by atoms with van der Waals surface area (Å²) in [5, 5.41) is 2.02. The molecule has 0 bridgehead atoms. The maximum Gasteiger partial charge on any atom is 0.264 e. The Hall–Kier alpha value is -0.520. The molecule has 0 saturated carbocycles. The van der Waals surface area contributed by atoms with Crippen LogP contribution in [0.5, 0.6) is 0 Å². The van der Waals surface area contributed by atoms with Gasteiger partial charge in [0.2, 0.25) is 0 Å². The molecule has 0 aromatic carbocycles. The summed E-state index contributed by atoms with van der Waals surface area (Å²) in [7, 11) is 1.58. The van der Waals surface area contributed by atoms with Gasteiger partial charge < -0.3 is 4.74 Å². The van der Waals surface area contributed by atoms with Gasteiger partial charge in [0.25, 0.3) is 5.91 Å². The number of methoxy groups -OCH3 is 1. The fourth-order valence-electron chi connectivity index (χ4n) is 1.60. The minimum atomic E-state index is -0.291. The summed E-state index contributed by atoms with van der Waals surface area (Å²) in [5.41, 5.74) is 0. The molecule has 1 saturated heterocycles. The van der Waals surface area contributed by atoms with Crippen molar-refractivity contribution < 1.29 is 9.53 Å². The van der Waals surface area contributed by atoms with Gasteiger partial charge >= 0.3 is 0 Å². The van der Waals surface area contributed by atoms with E-state index in [4.69, 9.17) is 4.74 Å². The number of β-lactam (4-membered cyclic amide) rings is 1. The zero-order valence-electron chi connectivity index (χ0n) is 7.97. The van der Waals surface area contributed by atoms with Crippen molar-refractivity contribution in [3.63, 3.8) is 0 Å². The van der Waals surface area contributed by atoms with E-state index in [1.165, 1.54) is 16.8 Å².